The van der Waals surface area contributed by atoms with Crippen LogP contribution in [0.2, 0.25) is 0 Å². The molecule has 0 aromatic carbocycles. The third-order valence-electron chi connectivity index (χ3n) is 6.96. The summed E-state index contributed by atoms with van der Waals surface area (Å²) in [5, 5.41) is 13.5. The van der Waals surface area contributed by atoms with Gasteiger partial charge in [0.1, 0.15) is 12.1 Å². The van der Waals surface area contributed by atoms with Crippen LogP contribution >= 0.6 is 11.8 Å². The first kappa shape index (κ1) is 29.3. The molecule has 2 fully saturated rings. The van der Waals surface area contributed by atoms with Crippen LogP contribution in [0.5, 0.6) is 0 Å². The Balaban J connectivity index is 2.02. The maximum Gasteiger partial charge on any atom is 0.407 e. The molecule has 3 amide bonds. The van der Waals surface area contributed by atoms with E-state index in [1.165, 1.54) is 0 Å². The van der Waals surface area contributed by atoms with Crippen LogP contribution in [0.4, 0.5) is 4.79 Å². The maximum absolute atomic E-state index is 13.7. The molecule has 200 valence electrons. The van der Waals surface area contributed by atoms with Gasteiger partial charge in [0, 0.05) is 23.8 Å². The average Bonchev–Trinajstić information content (AvgIpc) is 3.29. The summed E-state index contributed by atoms with van der Waals surface area (Å²) in [4.78, 5) is 40.9. The maximum atomic E-state index is 13.7. The summed E-state index contributed by atoms with van der Waals surface area (Å²) < 4.78 is 4.72. The molecule has 0 unspecified atom stereocenters. The van der Waals surface area contributed by atoms with Gasteiger partial charge in [-0.3, -0.25) is 15.0 Å². The molecule has 1 saturated heterocycles. The van der Waals surface area contributed by atoms with E-state index < -0.39 is 22.9 Å². The first-order valence-corrected chi connectivity index (χ1v) is 13.9. The number of hydrogen-bond donors (Lipinski definition) is 4. The highest BCUT2D eigenvalue weighted by Crippen LogP contribution is 2.31. The van der Waals surface area contributed by atoms with Crippen LogP contribution in [0.1, 0.15) is 73.1 Å². The van der Waals surface area contributed by atoms with E-state index in [0.29, 0.717) is 25.4 Å². The summed E-state index contributed by atoms with van der Waals surface area (Å²) in [5.74, 6) is 1.39. The third kappa shape index (κ3) is 8.58. The zero-order valence-electron chi connectivity index (χ0n) is 22.0. The summed E-state index contributed by atoms with van der Waals surface area (Å²) in [6, 6.07) is -1.34. The van der Waals surface area contributed by atoms with Gasteiger partial charge in [0.2, 0.25) is 11.8 Å². The van der Waals surface area contributed by atoms with Crippen molar-refractivity contribution in [2.24, 2.45) is 23.5 Å². The van der Waals surface area contributed by atoms with Crippen LogP contribution < -0.4 is 16.4 Å². The molecular weight excluding hydrogens is 466 g/mol. The Morgan fingerprint density at radius 1 is 1.17 bits per heavy atom. The number of nitrogens with one attached hydrogen (secondary N) is 3. The number of carbonyl (C=O) groups excluding carboxylic acids is 3. The molecule has 0 radical (unpaired) electrons. The minimum Gasteiger partial charge on any atom is -0.449 e. The van der Waals surface area contributed by atoms with Gasteiger partial charge in [-0.1, -0.05) is 20.8 Å². The third-order valence-corrected chi connectivity index (χ3v) is 8.23. The first-order chi connectivity index (χ1) is 16.5. The fraction of sp³-hybridized carbons (Fsp3) is 0.840. The van der Waals surface area contributed by atoms with Crippen molar-refractivity contribution in [2.75, 3.05) is 25.4 Å². The first-order valence-electron chi connectivity index (χ1n) is 13.0. The second kappa shape index (κ2) is 13.4. The Hall–Kier alpha value is -1.97. The van der Waals surface area contributed by atoms with E-state index in [1.807, 2.05) is 34.6 Å². The second-order valence-electron chi connectivity index (χ2n) is 10.7. The predicted octanol–water partition coefficient (Wildman–Crippen LogP) is 3.12. The number of likely N-dealkylation sites (tertiary alicyclic amines) is 1. The Bertz CT molecular complexity index is 752. The quantitative estimate of drug-likeness (QED) is 0.248. The van der Waals surface area contributed by atoms with Crippen LogP contribution in [0.3, 0.4) is 0 Å². The van der Waals surface area contributed by atoms with Crippen molar-refractivity contribution >= 4 is 35.5 Å². The molecule has 0 bridgehead atoms. The summed E-state index contributed by atoms with van der Waals surface area (Å²) in [6.45, 7) is 11.1. The number of amides is 3. The number of hydrogen-bond acceptors (Lipinski definition) is 6. The summed E-state index contributed by atoms with van der Waals surface area (Å²) >= 11 is 1.59. The molecule has 0 spiro atoms. The molecule has 35 heavy (non-hydrogen) atoms. The van der Waals surface area contributed by atoms with Crippen LogP contribution in [-0.4, -0.2) is 70.9 Å². The normalized spacial score (nSPS) is 23.6. The van der Waals surface area contributed by atoms with Crippen molar-refractivity contribution in [3.63, 3.8) is 0 Å². The number of amidine groups is 1. The molecule has 9 nitrogen and oxygen atoms in total. The lowest BCUT2D eigenvalue weighted by atomic mass is 9.81. The van der Waals surface area contributed by atoms with E-state index >= 15 is 0 Å². The molecule has 1 aliphatic carbocycles. The number of rotatable bonds is 11. The highest BCUT2D eigenvalue weighted by Gasteiger charge is 2.44. The lowest BCUT2D eigenvalue weighted by Gasteiger charge is -2.37. The number of nitrogens with two attached hydrogens (primary N) is 1. The molecule has 1 saturated carbocycles. The van der Waals surface area contributed by atoms with Gasteiger partial charge in [0.25, 0.3) is 0 Å². The van der Waals surface area contributed by atoms with Gasteiger partial charge in [0.05, 0.1) is 12.4 Å². The van der Waals surface area contributed by atoms with Crippen molar-refractivity contribution < 1.29 is 19.1 Å². The largest absolute Gasteiger partial charge is 0.449 e. The van der Waals surface area contributed by atoms with Gasteiger partial charge in [0.15, 0.2) is 0 Å². The second-order valence-corrected chi connectivity index (χ2v) is 12.6. The van der Waals surface area contributed by atoms with E-state index in [2.05, 4.69) is 10.6 Å². The lowest BCUT2D eigenvalue weighted by Crippen LogP contribution is -2.60. The molecule has 1 aliphatic heterocycles. The van der Waals surface area contributed by atoms with E-state index in [-0.39, 0.29) is 36.1 Å². The zero-order valence-corrected chi connectivity index (χ0v) is 22.8. The topological polar surface area (TPSA) is 138 Å². The van der Waals surface area contributed by atoms with E-state index in [4.69, 9.17) is 15.9 Å². The smallest absolute Gasteiger partial charge is 0.407 e. The van der Waals surface area contributed by atoms with Gasteiger partial charge < -0.3 is 26.0 Å². The summed E-state index contributed by atoms with van der Waals surface area (Å²) in [7, 11) is 0. The fourth-order valence-corrected chi connectivity index (χ4v) is 5.97. The van der Waals surface area contributed by atoms with Gasteiger partial charge in [-0.25, -0.2) is 4.79 Å². The Kier molecular flexibility index (Phi) is 11.2. The van der Waals surface area contributed by atoms with Gasteiger partial charge in [-0.15, -0.1) is 0 Å². The van der Waals surface area contributed by atoms with E-state index in [9.17, 15) is 14.4 Å². The lowest BCUT2D eigenvalue weighted by molar-refractivity contribution is -0.140. The number of alkyl carbamates (subject to hydrolysis) is 1. The number of thioether (sulfide) groups is 1. The molecule has 2 rings (SSSR count). The fourth-order valence-electron chi connectivity index (χ4n) is 4.90. The Labute approximate surface area is 214 Å². The molecule has 0 aromatic rings. The minimum atomic E-state index is -0.803. The van der Waals surface area contributed by atoms with Gasteiger partial charge in [-0.2, -0.15) is 11.8 Å². The van der Waals surface area contributed by atoms with E-state index in [1.54, 1.807) is 16.7 Å². The minimum absolute atomic E-state index is 0.133. The summed E-state index contributed by atoms with van der Waals surface area (Å²) in [6.07, 6.45) is 4.39. The average molecular weight is 512 g/mol. The van der Waals surface area contributed by atoms with Gasteiger partial charge >= 0.3 is 6.09 Å². The van der Waals surface area contributed by atoms with Crippen molar-refractivity contribution in [3.05, 3.63) is 0 Å². The van der Waals surface area contributed by atoms with Crippen molar-refractivity contribution in [3.8, 4) is 0 Å². The molecule has 1 heterocycles. The zero-order chi connectivity index (χ0) is 26.2. The monoisotopic (exact) mass is 511 g/mol. The molecule has 2 aliphatic rings. The number of ether oxygens (including phenoxy) is 1. The standard InChI is InChI=1S/C25H45N5O4S/c1-6-35-25(4,5)20(29-24(33)34-15-16(2)3)23(32)30-13-7-8-19(30)22(31)28-14-17-9-11-18(12-10-17)21(26)27/h16-20H,6-15H2,1-5H3,(H3,26,27)(H,28,31)(H,29,33)/t17?,18?,19-,20-/m0/s1. The highest BCUT2D eigenvalue weighted by molar-refractivity contribution is 8.00. The van der Waals surface area contributed by atoms with Crippen LogP contribution in [0.25, 0.3) is 0 Å². The Morgan fingerprint density at radius 3 is 2.40 bits per heavy atom. The van der Waals surface area contributed by atoms with Gasteiger partial charge in [-0.05, 0) is 70.0 Å². The summed E-state index contributed by atoms with van der Waals surface area (Å²) in [5.41, 5.74) is 5.64. The van der Waals surface area contributed by atoms with Crippen LogP contribution in [-0.2, 0) is 14.3 Å². The van der Waals surface area contributed by atoms with Crippen LogP contribution in [0.15, 0.2) is 0 Å². The van der Waals surface area contributed by atoms with Crippen LogP contribution in [0, 0.1) is 23.2 Å². The molecular formula is C25H45N5O4S. The van der Waals surface area contributed by atoms with E-state index in [0.717, 1.165) is 37.9 Å². The molecule has 10 heteroatoms. The van der Waals surface area contributed by atoms with Crippen molar-refractivity contribution in [1.82, 2.24) is 15.5 Å². The highest BCUT2D eigenvalue weighted by atomic mass is 32.2. The molecule has 0 aromatic heterocycles. The SMILES string of the molecule is CCSC(C)(C)[C@@H](NC(=O)OCC(C)C)C(=O)N1CCC[C@H]1C(=O)NCC1CCC(C(=N)N)CC1. The predicted molar refractivity (Wildman–Crippen MR) is 140 cm³/mol. The van der Waals surface area contributed by atoms with Crippen molar-refractivity contribution in [1.29, 1.82) is 5.41 Å². The molecule has 5 N–H and O–H groups in total. The number of nitrogens with zero attached hydrogens (tertiary/aromatic N) is 1. The Morgan fingerprint density at radius 2 is 1.83 bits per heavy atom. The number of carbonyl (C=O) groups is 3. The van der Waals surface area contributed by atoms with Crippen molar-refractivity contribution in [2.45, 2.75) is 90.0 Å². The molecule has 2 atom stereocenters.